The van der Waals surface area contributed by atoms with E-state index in [0.717, 1.165) is 16.8 Å². The third-order valence-electron chi connectivity index (χ3n) is 3.46. The second-order valence-corrected chi connectivity index (χ2v) is 5.65. The van der Waals surface area contributed by atoms with Gasteiger partial charge in [0.05, 0.1) is 0 Å². The number of ether oxygens (including phenoxy) is 1. The monoisotopic (exact) mass is 343 g/mol. The van der Waals surface area contributed by atoms with Crippen molar-refractivity contribution in [1.82, 2.24) is 0 Å². The second kappa shape index (κ2) is 8.31. The van der Waals surface area contributed by atoms with E-state index in [9.17, 15) is 9.59 Å². The van der Waals surface area contributed by atoms with Crippen LogP contribution in [0.3, 0.4) is 0 Å². The summed E-state index contributed by atoms with van der Waals surface area (Å²) < 4.78 is 4.97. The van der Waals surface area contributed by atoms with Crippen molar-refractivity contribution in [3.63, 3.8) is 0 Å². The van der Waals surface area contributed by atoms with Crippen molar-refractivity contribution in [2.45, 2.75) is 6.92 Å². The van der Waals surface area contributed by atoms with E-state index in [1.54, 1.807) is 31.3 Å². The number of carbonyl (C=O) groups excluding carboxylic acids is 2. The molecule has 0 bridgehead atoms. The van der Waals surface area contributed by atoms with Crippen LogP contribution < -0.4 is 4.90 Å². The number of carbonyl (C=O) groups is 2. The predicted molar refractivity (Wildman–Crippen MR) is 96.0 cm³/mol. The quantitative estimate of drug-likeness (QED) is 0.611. The van der Waals surface area contributed by atoms with Gasteiger partial charge < -0.3 is 9.64 Å². The lowest BCUT2D eigenvalue weighted by Crippen LogP contribution is -2.30. The molecule has 0 aliphatic carbocycles. The topological polar surface area (TPSA) is 46.6 Å². The van der Waals surface area contributed by atoms with Crippen LogP contribution in [0.5, 0.6) is 0 Å². The normalized spacial score (nSPS) is 10.6. The molecule has 0 fully saturated rings. The van der Waals surface area contributed by atoms with Crippen LogP contribution in [0.1, 0.15) is 11.1 Å². The largest absolute Gasteiger partial charge is 0.452 e. The van der Waals surface area contributed by atoms with Gasteiger partial charge in [0, 0.05) is 23.8 Å². The Morgan fingerprint density at radius 1 is 1.17 bits per heavy atom. The van der Waals surface area contributed by atoms with Crippen LogP contribution in [0.25, 0.3) is 6.08 Å². The van der Waals surface area contributed by atoms with Crippen LogP contribution in [-0.4, -0.2) is 25.5 Å². The zero-order valence-electron chi connectivity index (χ0n) is 13.5. The van der Waals surface area contributed by atoms with Gasteiger partial charge in [-0.15, -0.1) is 0 Å². The van der Waals surface area contributed by atoms with Crippen LogP contribution in [-0.2, 0) is 14.3 Å². The number of para-hydroxylation sites is 1. The van der Waals surface area contributed by atoms with E-state index in [0.29, 0.717) is 5.02 Å². The first-order valence-electron chi connectivity index (χ1n) is 7.40. The molecule has 2 aromatic carbocycles. The number of anilines is 1. The Balaban J connectivity index is 1.87. The molecule has 0 spiro atoms. The summed E-state index contributed by atoms with van der Waals surface area (Å²) >= 11 is 6.02. The number of aryl methyl sites for hydroxylation is 1. The highest BCUT2D eigenvalue weighted by Gasteiger charge is 2.12. The highest BCUT2D eigenvalue weighted by molar-refractivity contribution is 6.31. The van der Waals surface area contributed by atoms with Crippen molar-refractivity contribution in [3.05, 3.63) is 70.8 Å². The molecule has 0 aromatic heterocycles. The predicted octanol–water partition coefficient (Wildman–Crippen LogP) is 3.87. The molecule has 4 nitrogen and oxygen atoms in total. The Labute approximate surface area is 146 Å². The first kappa shape index (κ1) is 17.8. The van der Waals surface area contributed by atoms with Gasteiger partial charge in [-0.2, -0.15) is 0 Å². The number of halogens is 1. The van der Waals surface area contributed by atoms with Crippen LogP contribution in [0, 0.1) is 6.92 Å². The van der Waals surface area contributed by atoms with Crippen LogP contribution in [0.2, 0.25) is 5.02 Å². The first-order valence-corrected chi connectivity index (χ1v) is 7.78. The van der Waals surface area contributed by atoms with Gasteiger partial charge in [-0.25, -0.2) is 4.79 Å². The maximum atomic E-state index is 12.0. The summed E-state index contributed by atoms with van der Waals surface area (Å²) in [4.78, 5) is 25.2. The van der Waals surface area contributed by atoms with Gasteiger partial charge in [-0.05, 0) is 42.3 Å². The number of hydrogen-bond acceptors (Lipinski definition) is 3. The molecule has 1 amide bonds. The summed E-state index contributed by atoms with van der Waals surface area (Å²) in [5.74, 6) is -0.886. The molecule has 2 rings (SSSR count). The van der Waals surface area contributed by atoms with E-state index in [2.05, 4.69) is 0 Å². The standard InChI is InChI=1S/C19H18ClNO3/c1-14-8-9-15(12-17(14)20)10-11-19(23)24-13-18(22)21(2)16-6-4-3-5-7-16/h3-12H,13H2,1-2H3/b11-10+. The van der Waals surface area contributed by atoms with Gasteiger partial charge in [-0.3, -0.25) is 4.79 Å². The molecule has 0 radical (unpaired) electrons. The van der Waals surface area contributed by atoms with Crippen molar-refractivity contribution in [2.24, 2.45) is 0 Å². The molecule has 0 heterocycles. The highest BCUT2D eigenvalue weighted by Crippen LogP contribution is 2.17. The van der Waals surface area contributed by atoms with E-state index >= 15 is 0 Å². The molecule has 0 saturated carbocycles. The second-order valence-electron chi connectivity index (χ2n) is 5.24. The zero-order valence-corrected chi connectivity index (χ0v) is 14.3. The molecular formula is C19H18ClNO3. The summed E-state index contributed by atoms with van der Waals surface area (Å²) in [5, 5.41) is 0.630. The molecule has 0 atom stereocenters. The van der Waals surface area contributed by atoms with E-state index < -0.39 is 5.97 Å². The van der Waals surface area contributed by atoms with Crippen molar-refractivity contribution < 1.29 is 14.3 Å². The molecule has 0 N–H and O–H groups in total. The minimum absolute atomic E-state index is 0.304. The van der Waals surface area contributed by atoms with Gasteiger partial charge in [0.25, 0.3) is 5.91 Å². The van der Waals surface area contributed by atoms with E-state index in [4.69, 9.17) is 16.3 Å². The minimum atomic E-state index is -0.582. The molecular weight excluding hydrogens is 326 g/mol. The average molecular weight is 344 g/mol. The maximum Gasteiger partial charge on any atom is 0.331 e. The lowest BCUT2D eigenvalue weighted by atomic mass is 10.1. The number of rotatable bonds is 5. The number of amides is 1. The lowest BCUT2D eigenvalue weighted by Gasteiger charge is -2.16. The van der Waals surface area contributed by atoms with Crippen molar-refractivity contribution in [2.75, 3.05) is 18.6 Å². The fourth-order valence-corrected chi connectivity index (χ4v) is 2.14. The van der Waals surface area contributed by atoms with E-state index in [1.807, 2.05) is 37.3 Å². The molecule has 0 aliphatic rings. The van der Waals surface area contributed by atoms with Crippen molar-refractivity contribution in [3.8, 4) is 0 Å². The van der Waals surface area contributed by atoms with Crippen LogP contribution >= 0.6 is 11.6 Å². The van der Waals surface area contributed by atoms with Crippen molar-refractivity contribution in [1.29, 1.82) is 0 Å². The molecule has 5 heteroatoms. The zero-order chi connectivity index (χ0) is 17.5. The third kappa shape index (κ3) is 4.96. The average Bonchev–Trinajstić information content (AvgIpc) is 2.60. The van der Waals surface area contributed by atoms with Crippen LogP contribution in [0.15, 0.2) is 54.6 Å². The summed E-state index contributed by atoms with van der Waals surface area (Å²) in [6, 6.07) is 14.6. The Bertz CT molecular complexity index is 756. The summed E-state index contributed by atoms with van der Waals surface area (Å²) in [6.07, 6.45) is 2.87. The fraction of sp³-hybridized carbons (Fsp3) is 0.158. The lowest BCUT2D eigenvalue weighted by molar-refractivity contribution is -0.142. The number of hydrogen-bond donors (Lipinski definition) is 0. The third-order valence-corrected chi connectivity index (χ3v) is 3.87. The summed E-state index contributed by atoms with van der Waals surface area (Å²) in [7, 11) is 1.63. The SMILES string of the molecule is Cc1ccc(/C=C/C(=O)OCC(=O)N(C)c2ccccc2)cc1Cl. The molecule has 24 heavy (non-hydrogen) atoms. The van der Waals surface area contributed by atoms with Gasteiger partial charge in [0.2, 0.25) is 0 Å². The fourth-order valence-electron chi connectivity index (χ4n) is 1.95. The van der Waals surface area contributed by atoms with Gasteiger partial charge in [0.15, 0.2) is 6.61 Å². The number of benzene rings is 2. The number of likely N-dealkylation sites (N-methyl/N-ethyl adjacent to an activating group) is 1. The minimum Gasteiger partial charge on any atom is -0.452 e. The Morgan fingerprint density at radius 3 is 2.54 bits per heavy atom. The molecule has 0 aliphatic heterocycles. The van der Waals surface area contributed by atoms with E-state index in [-0.39, 0.29) is 12.5 Å². The molecule has 0 unspecified atom stereocenters. The Hall–Kier alpha value is -2.59. The Kier molecular flexibility index (Phi) is 6.15. The first-order chi connectivity index (χ1) is 11.5. The molecule has 0 saturated heterocycles. The van der Waals surface area contributed by atoms with Gasteiger partial charge >= 0.3 is 5.97 Å². The van der Waals surface area contributed by atoms with Gasteiger partial charge in [-0.1, -0.05) is 41.9 Å². The van der Waals surface area contributed by atoms with Crippen molar-refractivity contribution >= 4 is 35.2 Å². The van der Waals surface area contributed by atoms with Crippen LogP contribution in [0.4, 0.5) is 5.69 Å². The van der Waals surface area contributed by atoms with Gasteiger partial charge in [0.1, 0.15) is 0 Å². The number of nitrogens with zero attached hydrogens (tertiary/aromatic N) is 1. The maximum absolute atomic E-state index is 12.0. The highest BCUT2D eigenvalue weighted by atomic mass is 35.5. The summed E-state index contributed by atoms with van der Waals surface area (Å²) in [6.45, 7) is 1.59. The van der Waals surface area contributed by atoms with E-state index in [1.165, 1.54) is 11.0 Å². The number of esters is 1. The summed E-state index contributed by atoms with van der Waals surface area (Å²) in [5.41, 5.74) is 2.49. The molecule has 2 aromatic rings. The Morgan fingerprint density at radius 2 is 1.88 bits per heavy atom. The molecule has 124 valence electrons. The smallest absolute Gasteiger partial charge is 0.331 e.